The number of hydrogen-bond donors (Lipinski definition) is 1. The van der Waals surface area contributed by atoms with Gasteiger partial charge >= 0.3 is 6.03 Å². The summed E-state index contributed by atoms with van der Waals surface area (Å²) in [5.41, 5.74) is 0.505. The molecule has 4 amide bonds. The molecular formula is C20H15ClN2O6. The van der Waals surface area contributed by atoms with Gasteiger partial charge in [-0.25, -0.2) is 9.69 Å². The minimum atomic E-state index is -0.838. The number of barbiturate groups is 1. The molecule has 0 bridgehead atoms. The molecule has 0 spiro atoms. The molecule has 2 aromatic rings. The summed E-state index contributed by atoms with van der Waals surface area (Å²) < 4.78 is 16.3. The van der Waals surface area contributed by atoms with Crippen LogP contribution in [0.5, 0.6) is 17.2 Å². The molecular weight excluding hydrogens is 400 g/mol. The number of imide groups is 2. The maximum absolute atomic E-state index is 13.0. The molecule has 9 heteroatoms. The van der Waals surface area contributed by atoms with Crippen LogP contribution in [-0.2, 0) is 9.59 Å². The molecule has 0 aromatic heterocycles. The Hall–Kier alpha value is -3.52. The van der Waals surface area contributed by atoms with E-state index in [2.05, 4.69) is 5.32 Å². The van der Waals surface area contributed by atoms with E-state index >= 15 is 0 Å². The summed E-state index contributed by atoms with van der Waals surface area (Å²) in [5, 5.41) is 2.63. The van der Waals surface area contributed by atoms with Gasteiger partial charge < -0.3 is 14.2 Å². The number of nitrogens with one attached hydrogen (secondary N) is 1. The third kappa shape index (κ3) is 3.50. The molecule has 2 aliphatic heterocycles. The molecule has 0 atom stereocenters. The zero-order valence-corrected chi connectivity index (χ0v) is 16.0. The zero-order valence-electron chi connectivity index (χ0n) is 15.2. The molecule has 1 saturated heterocycles. The van der Waals surface area contributed by atoms with E-state index in [9.17, 15) is 14.4 Å². The Balaban J connectivity index is 1.76. The highest BCUT2D eigenvalue weighted by Crippen LogP contribution is 2.39. The third-order valence-corrected chi connectivity index (χ3v) is 4.54. The molecule has 2 heterocycles. The van der Waals surface area contributed by atoms with Crippen molar-refractivity contribution >= 4 is 41.2 Å². The quantitative estimate of drug-likeness (QED) is 0.610. The predicted molar refractivity (Wildman–Crippen MR) is 104 cm³/mol. The second kappa shape index (κ2) is 7.48. The van der Waals surface area contributed by atoms with E-state index in [4.69, 9.17) is 25.8 Å². The fourth-order valence-corrected chi connectivity index (χ4v) is 3.10. The summed E-state index contributed by atoms with van der Waals surface area (Å²) in [4.78, 5) is 38.5. The van der Waals surface area contributed by atoms with Crippen molar-refractivity contribution in [2.75, 3.05) is 18.3 Å². The standard InChI is InChI=1S/C20H15ClN2O6/c1-2-27-15-9-17-16(28-10-29-17)8-11(15)7-14-18(24)22-20(26)23(19(14)25)13-5-3-12(21)4-6-13/h3-9H,2,10H2,1H3,(H,22,24,26)/b14-7+. The first-order valence-corrected chi connectivity index (χ1v) is 9.09. The van der Waals surface area contributed by atoms with Crippen molar-refractivity contribution in [1.29, 1.82) is 0 Å². The summed E-state index contributed by atoms with van der Waals surface area (Å²) in [5.74, 6) is -0.172. The highest BCUT2D eigenvalue weighted by atomic mass is 35.5. The lowest BCUT2D eigenvalue weighted by atomic mass is 10.1. The summed E-state index contributed by atoms with van der Waals surface area (Å²) >= 11 is 5.87. The Bertz CT molecular complexity index is 1050. The second-order valence-electron chi connectivity index (χ2n) is 6.11. The number of nitrogens with zero attached hydrogens (tertiary/aromatic N) is 1. The lowest BCUT2D eigenvalue weighted by Gasteiger charge is -2.26. The van der Waals surface area contributed by atoms with Crippen LogP contribution in [0.15, 0.2) is 42.0 Å². The Morgan fingerprint density at radius 2 is 1.83 bits per heavy atom. The average Bonchev–Trinajstić information content (AvgIpc) is 3.14. The van der Waals surface area contributed by atoms with Crippen molar-refractivity contribution in [3.05, 3.63) is 52.6 Å². The van der Waals surface area contributed by atoms with Crippen molar-refractivity contribution < 1.29 is 28.6 Å². The third-order valence-electron chi connectivity index (χ3n) is 4.29. The topological polar surface area (TPSA) is 94.2 Å². The van der Waals surface area contributed by atoms with E-state index in [-0.39, 0.29) is 18.1 Å². The molecule has 0 radical (unpaired) electrons. The highest BCUT2D eigenvalue weighted by Gasteiger charge is 2.37. The summed E-state index contributed by atoms with van der Waals surface area (Å²) in [7, 11) is 0. The van der Waals surface area contributed by atoms with Crippen molar-refractivity contribution in [1.82, 2.24) is 5.32 Å². The summed E-state index contributed by atoms with van der Waals surface area (Å²) in [6, 6.07) is 8.52. The number of rotatable bonds is 4. The van der Waals surface area contributed by atoms with Gasteiger partial charge in [-0.1, -0.05) is 11.6 Å². The first kappa shape index (κ1) is 18.8. The lowest BCUT2D eigenvalue weighted by molar-refractivity contribution is -0.122. The van der Waals surface area contributed by atoms with E-state index in [0.717, 1.165) is 4.90 Å². The summed E-state index contributed by atoms with van der Waals surface area (Å²) in [6.07, 6.45) is 1.36. The van der Waals surface area contributed by atoms with Crippen LogP contribution >= 0.6 is 11.6 Å². The zero-order chi connectivity index (χ0) is 20.5. The van der Waals surface area contributed by atoms with Gasteiger partial charge in [0, 0.05) is 16.7 Å². The van der Waals surface area contributed by atoms with Gasteiger partial charge in [0.25, 0.3) is 11.8 Å². The minimum Gasteiger partial charge on any atom is -0.493 e. The lowest BCUT2D eigenvalue weighted by Crippen LogP contribution is -2.54. The van der Waals surface area contributed by atoms with Crippen molar-refractivity contribution in [3.8, 4) is 17.2 Å². The van der Waals surface area contributed by atoms with Gasteiger partial charge in [0.1, 0.15) is 11.3 Å². The van der Waals surface area contributed by atoms with Crippen molar-refractivity contribution in [3.63, 3.8) is 0 Å². The second-order valence-corrected chi connectivity index (χ2v) is 6.55. The Morgan fingerprint density at radius 1 is 1.14 bits per heavy atom. The van der Waals surface area contributed by atoms with Gasteiger partial charge in [-0.05, 0) is 43.3 Å². The first-order chi connectivity index (χ1) is 14.0. The minimum absolute atomic E-state index is 0.0686. The largest absolute Gasteiger partial charge is 0.493 e. The van der Waals surface area contributed by atoms with Gasteiger partial charge in [0.2, 0.25) is 6.79 Å². The Kier molecular flexibility index (Phi) is 4.85. The molecule has 148 valence electrons. The molecule has 2 aliphatic rings. The molecule has 4 rings (SSSR count). The van der Waals surface area contributed by atoms with Gasteiger partial charge in [-0.2, -0.15) is 0 Å². The van der Waals surface area contributed by atoms with Crippen LogP contribution in [-0.4, -0.2) is 31.2 Å². The maximum atomic E-state index is 13.0. The van der Waals surface area contributed by atoms with Crippen LogP contribution in [0.1, 0.15) is 12.5 Å². The van der Waals surface area contributed by atoms with Crippen LogP contribution in [0, 0.1) is 0 Å². The molecule has 29 heavy (non-hydrogen) atoms. The fourth-order valence-electron chi connectivity index (χ4n) is 2.97. The molecule has 1 N–H and O–H groups in total. The van der Waals surface area contributed by atoms with Crippen molar-refractivity contribution in [2.24, 2.45) is 0 Å². The smallest absolute Gasteiger partial charge is 0.335 e. The number of anilines is 1. The molecule has 8 nitrogen and oxygen atoms in total. The average molecular weight is 415 g/mol. The van der Waals surface area contributed by atoms with E-state index in [1.165, 1.54) is 18.2 Å². The van der Waals surface area contributed by atoms with Gasteiger partial charge in [-0.15, -0.1) is 0 Å². The monoisotopic (exact) mass is 414 g/mol. The number of urea groups is 1. The number of ether oxygens (including phenoxy) is 3. The maximum Gasteiger partial charge on any atom is 0.335 e. The molecule has 0 aliphatic carbocycles. The number of benzene rings is 2. The molecule has 0 unspecified atom stereocenters. The SMILES string of the molecule is CCOc1cc2c(cc1/C=C1\C(=O)NC(=O)N(c3ccc(Cl)cc3)C1=O)OCO2. The number of carbonyl (C=O) groups is 3. The van der Waals surface area contributed by atoms with Gasteiger partial charge in [-0.3, -0.25) is 14.9 Å². The first-order valence-electron chi connectivity index (χ1n) is 8.71. The van der Waals surface area contributed by atoms with Crippen LogP contribution < -0.4 is 24.4 Å². The van der Waals surface area contributed by atoms with Crippen LogP contribution in [0.25, 0.3) is 6.08 Å². The normalized spacial score (nSPS) is 17.0. The number of halogens is 1. The Labute approximate surface area is 170 Å². The number of amides is 4. The molecule has 1 fully saturated rings. The van der Waals surface area contributed by atoms with E-state index < -0.39 is 17.8 Å². The molecule has 0 saturated carbocycles. The van der Waals surface area contributed by atoms with E-state index in [1.807, 2.05) is 0 Å². The number of carbonyl (C=O) groups excluding carboxylic acids is 3. The predicted octanol–water partition coefficient (Wildman–Crippen LogP) is 3.13. The van der Waals surface area contributed by atoms with Gasteiger partial charge in [0.15, 0.2) is 11.5 Å². The van der Waals surface area contributed by atoms with E-state index in [1.54, 1.807) is 31.2 Å². The van der Waals surface area contributed by atoms with Crippen LogP contribution in [0.2, 0.25) is 5.02 Å². The number of hydrogen-bond acceptors (Lipinski definition) is 6. The van der Waals surface area contributed by atoms with E-state index in [0.29, 0.717) is 34.4 Å². The van der Waals surface area contributed by atoms with Gasteiger partial charge in [0.05, 0.1) is 12.3 Å². The fraction of sp³-hybridized carbons (Fsp3) is 0.150. The molecule has 2 aromatic carbocycles. The van der Waals surface area contributed by atoms with Crippen molar-refractivity contribution in [2.45, 2.75) is 6.92 Å². The van der Waals surface area contributed by atoms with Crippen LogP contribution in [0.4, 0.5) is 10.5 Å². The highest BCUT2D eigenvalue weighted by molar-refractivity contribution is 6.39. The van der Waals surface area contributed by atoms with Crippen LogP contribution in [0.3, 0.4) is 0 Å². The summed E-state index contributed by atoms with van der Waals surface area (Å²) in [6.45, 7) is 2.24. The Morgan fingerprint density at radius 3 is 2.52 bits per heavy atom. The number of fused-ring (bicyclic) bond motifs is 1.